The maximum absolute atomic E-state index is 13.3. The van der Waals surface area contributed by atoms with Crippen LogP contribution >= 0.6 is 23.4 Å². The van der Waals surface area contributed by atoms with Gasteiger partial charge in [-0.25, -0.2) is 9.37 Å². The van der Waals surface area contributed by atoms with Crippen molar-refractivity contribution in [2.45, 2.75) is 10.9 Å². The predicted molar refractivity (Wildman–Crippen MR) is 108 cm³/mol. The molecule has 0 saturated heterocycles. The van der Waals surface area contributed by atoms with Crippen LogP contribution in [0, 0.1) is 5.82 Å². The molecule has 0 radical (unpaired) electrons. The Morgan fingerprint density at radius 3 is 2.41 bits per heavy atom. The third kappa shape index (κ3) is 3.75. The van der Waals surface area contributed by atoms with Crippen LogP contribution in [0.25, 0.3) is 16.6 Å². The van der Waals surface area contributed by atoms with Gasteiger partial charge in [-0.05, 0) is 54.1 Å². The highest BCUT2D eigenvalue weighted by atomic mass is 35.5. The third-order valence-corrected chi connectivity index (χ3v) is 5.37. The molecule has 3 aromatic carbocycles. The summed E-state index contributed by atoms with van der Waals surface area (Å²) in [6.07, 6.45) is 0. The molecule has 134 valence electrons. The van der Waals surface area contributed by atoms with Gasteiger partial charge in [-0.15, -0.1) is 0 Å². The van der Waals surface area contributed by atoms with Gasteiger partial charge < -0.3 is 0 Å². The molecule has 0 amide bonds. The number of hydrogen-bond donors (Lipinski definition) is 0. The zero-order chi connectivity index (χ0) is 18.8. The third-order valence-electron chi connectivity index (χ3n) is 4.11. The molecule has 0 saturated carbocycles. The molecule has 0 unspecified atom stereocenters. The highest BCUT2D eigenvalue weighted by Gasteiger charge is 2.13. The van der Waals surface area contributed by atoms with E-state index < -0.39 is 0 Å². The zero-order valence-corrected chi connectivity index (χ0v) is 15.7. The van der Waals surface area contributed by atoms with E-state index >= 15 is 0 Å². The van der Waals surface area contributed by atoms with Crippen molar-refractivity contribution in [3.63, 3.8) is 0 Å². The van der Waals surface area contributed by atoms with Gasteiger partial charge >= 0.3 is 0 Å². The van der Waals surface area contributed by atoms with Crippen LogP contribution in [0.4, 0.5) is 4.39 Å². The average Bonchev–Trinajstić information content (AvgIpc) is 2.69. The molecule has 0 bridgehead atoms. The fourth-order valence-corrected chi connectivity index (χ4v) is 3.85. The van der Waals surface area contributed by atoms with Crippen LogP contribution in [-0.2, 0) is 5.75 Å². The standard InChI is InChI=1S/C21H14ClFN2OS/c22-15-7-5-14(6-8-15)13-27-21-24-19-4-2-1-3-18(19)20(26)25(21)17-11-9-16(23)10-12-17/h1-12H,13H2. The molecule has 6 heteroatoms. The number of benzene rings is 3. The fraction of sp³-hybridized carbons (Fsp3) is 0.0476. The highest BCUT2D eigenvalue weighted by molar-refractivity contribution is 7.98. The Kier molecular flexibility index (Phi) is 4.97. The van der Waals surface area contributed by atoms with Crippen molar-refractivity contribution in [3.05, 3.63) is 99.6 Å². The van der Waals surface area contributed by atoms with E-state index in [0.717, 1.165) is 5.56 Å². The van der Waals surface area contributed by atoms with Gasteiger partial charge in [0.2, 0.25) is 0 Å². The first kappa shape index (κ1) is 17.8. The van der Waals surface area contributed by atoms with E-state index in [2.05, 4.69) is 4.98 Å². The summed E-state index contributed by atoms with van der Waals surface area (Å²) in [5.41, 5.74) is 2.11. The van der Waals surface area contributed by atoms with Gasteiger partial charge in [-0.3, -0.25) is 9.36 Å². The smallest absolute Gasteiger partial charge is 0.266 e. The van der Waals surface area contributed by atoms with E-state index in [0.29, 0.717) is 32.5 Å². The van der Waals surface area contributed by atoms with Crippen LogP contribution in [0.15, 0.2) is 82.7 Å². The number of halogens is 2. The monoisotopic (exact) mass is 396 g/mol. The lowest BCUT2D eigenvalue weighted by Gasteiger charge is -2.13. The van der Waals surface area contributed by atoms with E-state index in [1.165, 1.54) is 28.5 Å². The minimum absolute atomic E-state index is 0.175. The first-order valence-corrected chi connectivity index (χ1v) is 9.63. The molecule has 1 aromatic heterocycles. The van der Waals surface area contributed by atoms with E-state index in [1.807, 2.05) is 36.4 Å². The minimum Gasteiger partial charge on any atom is -0.268 e. The molecule has 4 rings (SSSR count). The zero-order valence-electron chi connectivity index (χ0n) is 14.1. The summed E-state index contributed by atoms with van der Waals surface area (Å²) in [7, 11) is 0. The lowest BCUT2D eigenvalue weighted by molar-refractivity contribution is 0.627. The van der Waals surface area contributed by atoms with Crippen molar-refractivity contribution in [2.75, 3.05) is 0 Å². The van der Waals surface area contributed by atoms with Crippen LogP contribution in [0.2, 0.25) is 5.02 Å². The summed E-state index contributed by atoms with van der Waals surface area (Å²) in [5.74, 6) is 0.277. The number of thioether (sulfide) groups is 1. The first-order valence-electron chi connectivity index (χ1n) is 8.27. The maximum atomic E-state index is 13.3. The van der Waals surface area contributed by atoms with Crippen LogP contribution in [-0.4, -0.2) is 9.55 Å². The summed E-state index contributed by atoms with van der Waals surface area (Å²) in [6, 6.07) is 20.6. The molecular formula is C21H14ClFN2OS. The van der Waals surface area contributed by atoms with Crippen molar-refractivity contribution in [1.29, 1.82) is 0 Å². The summed E-state index contributed by atoms with van der Waals surface area (Å²) in [5, 5.41) is 1.76. The van der Waals surface area contributed by atoms with Crippen LogP contribution in [0.5, 0.6) is 0 Å². The topological polar surface area (TPSA) is 34.9 Å². The van der Waals surface area contributed by atoms with Crippen LogP contribution in [0.3, 0.4) is 0 Å². The Morgan fingerprint density at radius 1 is 0.963 bits per heavy atom. The fourth-order valence-electron chi connectivity index (χ4n) is 2.76. The van der Waals surface area contributed by atoms with Crippen LogP contribution in [0.1, 0.15) is 5.56 Å². The Hall–Kier alpha value is -2.63. The Balaban J connectivity index is 1.81. The molecule has 0 spiro atoms. The van der Waals surface area contributed by atoms with Crippen molar-refractivity contribution in [1.82, 2.24) is 9.55 Å². The van der Waals surface area contributed by atoms with Gasteiger partial charge in [0, 0.05) is 10.8 Å². The number of fused-ring (bicyclic) bond motifs is 1. The molecule has 27 heavy (non-hydrogen) atoms. The second-order valence-electron chi connectivity index (χ2n) is 5.94. The summed E-state index contributed by atoms with van der Waals surface area (Å²) in [6.45, 7) is 0. The van der Waals surface area contributed by atoms with Gasteiger partial charge in [0.05, 0.1) is 16.6 Å². The number of nitrogens with zero attached hydrogens (tertiary/aromatic N) is 2. The van der Waals surface area contributed by atoms with E-state index in [1.54, 1.807) is 24.3 Å². The molecule has 0 N–H and O–H groups in total. The van der Waals surface area contributed by atoms with Crippen LogP contribution < -0.4 is 5.56 Å². The lowest BCUT2D eigenvalue weighted by atomic mass is 10.2. The molecule has 0 aliphatic rings. The number of hydrogen-bond acceptors (Lipinski definition) is 3. The molecular weight excluding hydrogens is 383 g/mol. The number of aromatic nitrogens is 2. The van der Waals surface area contributed by atoms with Crippen molar-refractivity contribution in [2.24, 2.45) is 0 Å². The number of rotatable bonds is 4. The summed E-state index contributed by atoms with van der Waals surface area (Å²) < 4.78 is 14.9. The molecule has 0 aliphatic carbocycles. The maximum Gasteiger partial charge on any atom is 0.266 e. The Labute approximate surface area is 164 Å². The molecule has 3 nitrogen and oxygen atoms in total. The lowest BCUT2D eigenvalue weighted by Crippen LogP contribution is -2.21. The van der Waals surface area contributed by atoms with Crippen molar-refractivity contribution < 1.29 is 4.39 Å². The van der Waals surface area contributed by atoms with Gasteiger partial charge in [-0.1, -0.05) is 47.6 Å². The predicted octanol–water partition coefficient (Wildman–Crippen LogP) is 5.47. The van der Waals surface area contributed by atoms with Gasteiger partial charge in [0.25, 0.3) is 5.56 Å². The van der Waals surface area contributed by atoms with E-state index in [9.17, 15) is 9.18 Å². The molecule has 0 atom stereocenters. The second-order valence-corrected chi connectivity index (χ2v) is 7.32. The van der Waals surface area contributed by atoms with Crippen molar-refractivity contribution >= 4 is 34.3 Å². The molecule has 0 fully saturated rings. The molecule has 1 heterocycles. The number of para-hydroxylation sites is 1. The highest BCUT2D eigenvalue weighted by Crippen LogP contribution is 2.25. The summed E-state index contributed by atoms with van der Waals surface area (Å²) >= 11 is 7.39. The van der Waals surface area contributed by atoms with E-state index in [4.69, 9.17) is 11.6 Å². The normalized spacial score (nSPS) is 11.0. The molecule has 0 aliphatic heterocycles. The Morgan fingerprint density at radius 2 is 1.67 bits per heavy atom. The summed E-state index contributed by atoms with van der Waals surface area (Å²) in [4.78, 5) is 17.8. The average molecular weight is 397 g/mol. The van der Waals surface area contributed by atoms with Gasteiger partial charge in [0.15, 0.2) is 5.16 Å². The second kappa shape index (κ2) is 7.55. The minimum atomic E-state index is -0.351. The Bertz CT molecular complexity index is 1160. The van der Waals surface area contributed by atoms with Gasteiger partial charge in [0.1, 0.15) is 5.82 Å². The van der Waals surface area contributed by atoms with Gasteiger partial charge in [-0.2, -0.15) is 0 Å². The van der Waals surface area contributed by atoms with Crippen molar-refractivity contribution in [3.8, 4) is 5.69 Å². The van der Waals surface area contributed by atoms with E-state index in [-0.39, 0.29) is 11.4 Å². The first-order chi connectivity index (χ1) is 13.1. The largest absolute Gasteiger partial charge is 0.268 e. The quantitative estimate of drug-likeness (QED) is 0.339. The molecule has 4 aromatic rings. The SMILES string of the molecule is O=c1c2ccccc2nc(SCc2ccc(Cl)cc2)n1-c1ccc(F)cc1.